The van der Waals surface area contributed by atoms with E-state index in [0.29, 0.717) is 4.57 Å². The van der Waals surface area contributed by atoms with Crippen LogP contribution in [0.2, 0.25) is 0 Å². The number of nitrogens with one attached hydrogen (secondary N) is 1. The zero-order valence-corrected chi connectivity index (χ0v) is 14.1. The molecule has 1 aromatic heterocycles. The lowest BCUT2D eigenvalue weighted by Crippen LogP contribution is -2.45. The zero-order valence-electron chi connectivity index (χ0n) is 16.3. The summed E-state index contributed by atoms with van der Waals surface area (Å²) < 4.78 is 34.2. The van der Waals surface area contributed by atoms with E-state index in [4.69, 9.17) is 26.2 Å². The molecule has 0 bridgehead atoms. The van der Waals surface area contributed by atoms with Crippen LogP contribution >= 0.6 is 11.6 Å². The number of hydrogen-bond acceptors (Lipinski definition) is 8. The Bertz CT molecular complexity index is 878. The number of esters is 1. The van der Waals surface area contributed by atoms with Crippen LogP contribution in [0.3, 0.4) is 0 Å². The third-order valence-corrected chi connectivity index (χ3v) is 3.91. The van der Waals surface area contributed by atoms with E-state index in [1.54, 1.807) is 13.8 Å². The molecule has 0 aromatic carbocycles. The van der Waals surface area contributed by atoms with Crippen molar-refractivity contribution in [1.82, 2.24) is 9.55 Å². The standard InChI is InChI=1S/C14H20ClN3O7/c1-6(2)8(16)12(22)24-5-14(15)10(21)9(20)11(25-14)18-4-3-7(19)17-13(18)23/h3-4,6,8-11,20-21H,5,16H2,1-2H3,(H,17,19,23)/t8-,9+,10-,11+,14+/m0/s1/i5D2,11D. The van der Waals surface area contributed by atoms with Gasteiger partial charge in [-0.2, -0.15) is 0 Å². The fourth-order valence-corrected chi connectivity index (χ4v) is 2.17. The molecule has 2 heterocycles. The van der Waals surface area contributed by atoms with Crippen LogP contribution in [0.15, 0.2) is 21.9 Å². The van der Waals surface area contributed by atoms with E-state index in [1.807, 2.05) is 4.98 Å². The molecule has 1 aliphatic rings. The van der Waals surface area contributed by atoms with Crippen LogP contribution in [-0.2, 0) is 14.3 Å². The first-order valence-corrected chi connectivity index (χ1v) is 7.61. The van der Waals surface area contributed by atoms with E-state index >= 15 is 0 Å². The molecule has 1 saturated heterocycles. The zero-order chi connectivity index (χ0) is 21.7. The summed E-state index contributed by atoms with van der Waals surface area (Å²) in [5.41, 5.74) is 3.61. The minimum Gasteiger partial charge on any atom is -0.460 e. The van der Waals surface area contributed by atoms with Crippen molar-refractivity contribution in [2.75, 3.05) is 6.56 Å². The number of carbonyl (C=O) groups excluding carboxylic acids is 1. The molecule has 0 aliphatic carbocycles. The molecule has 0 amide bonds. The van der Waals surface area contributed by atoms with Crippen molar-refractivity contribution in [3.05, 3.63) is 33.1 Å². The van der Waals surface area contributed by atoms with E-state index in [2.05, 4.69) is 4.74 Å². The molecule has 0 radical (unpaired) electrons. The predicted octanol–water partition coefficient (Wildman–Crippen LogP) is -1.75. The number of aliphatic hydroxyl groups is 2. The van der Waals surface area contributed by atoms with Crippen molar-refractivity contribution in [3.63, 3.8) is 0 Å². The number of aliphatic hydroxyl groups excluding tert-OH is 2. The van der Waals surface area contributed by atoms with E-state index in [1.165, 1.54) is 0 Å². The second-order valence-corrected chi connectivity index (χ2v) is 6.31. The molecule has 0 unspecified atom stereocenters. The average Bonchev–Trinajstić information content (AvgIpc) is 2.75. The second-order valence-electron chi connectivity index (χ2n) is 5.75. The van der Waals surface area contributed by atoms with Gasteiger partial charge in [0.25, 0.3) is 5.56 Å². The van der Waals surface area contributed by atoms with Crippen LogP contribution in [0.25, 0.3) is 0 Å². The topological polar surface area (TPSA) is 157 Å². The minimum absolute atomic E-state index is 0.393. The lowest BCUT2D eigenvalue weighted by atomic mass is 10.1. The van der Waals surface area contributed by atoms with Crippen molar-refractivity contribution in [1.29, 1.82) is 0 Å². The highest BCUT2D eigenvalue weighted by molar-refractivity contribution is 6.23. The predicted molar refractivity (Wildman–Crippen MR) is 85.8 cm³/mol. The Morgan fingerprint density at radius 1 is 1.64 bits per heavy atom. The summed E-state index contributed by atoms with van der Waals surface area (Å²) in [5.74, 6) is -1.61. The van der Waals surface area contributed by atoms with Crippen LogP contribution in [0.1, 0.15) is 24.2 Å². The molecule has 0 saturated carbocycles. The van der Waals surface area contributed by atoms with Crippen molar-refractivity contribution < 1.29 is 28.6 Å². The largest absolute Gasteiger partial charge is 0.460 e. The van der Waals surface area contributed by atoms with Crippen molar-refractivity contribution in [2.45, 2.75) is 43.4 Å². The minimum atomic E-state index is -3.27. The molecular weight excluding hydrogens is 358 g/mol. The summed E-state index contributed by atoms with van der Waals surface area (Å²) >= 11 is 6.02. The summed E-state index contributed by atoms with van der Waals surface area (Å²) in [6.45, 7) is -0.104. The van der Waals surface area contributed by atoms with Gasteiger partial charge in [0.2, 0.25) is 5.06 Å². The maximum absolute atomic E-state index is 12.0. The first kappa shape index (κ1) is 15.5. The Labute approximate surface area is 151 Å². The normalized spacial score (nSPS) is 35.7. The van der Waals surface area contributed by atoms with E-state index in [0.717, 1.165) is 12.3 Å². The number of carbonyl (C=O) groups is 1. The summed E-state index contributed by atoms with van der Waals surface area (Å²) in [4.78, 5) is 37.0. The molecular formula is C14H20ClN3O7. The third kappa shape index (κ3) is 3.93. The molecule has 5 atom stereocenters. The van der Waals surface area contributed by atoms with Gasteiger partial charge in [-0.15, -0.1) is 0 Å². The maximum Gasteiger partial charge on any atom is 0.330 e. The number of rotatable bonds is 5. The number of H-pyrrole nitrogens is 1. The summed E-state index contributed by atoms with van der Waals surface area (Å²) in [5, 5.41) is 17.6. The fraction of sp³-hybridized carbons (Fsp3) is 0.643. The number of alkyl halides is 1. The van der Waals surface area contributed by atoms with Gasteiger partial charge in [-0.1, -0.05) is 25.4 Å². The SMILES string of the molecule is [2H]C([2H])(OC(=O)[C@@H](N)C(C)C)[C@@]1(Cl)O[C@@]([2H])(n2ccc(=O)[nH]c2=O)[C@H](O)[C@@H]1O. The maximum atomic E-state index is 12.0. The number of nitrogens with two attached hydrogens (primary N) is 1. The molecule has 140 valence electrons. The average molecular weight is 381 g/mol. The van der Waals surface area contributed by atoms with Crippen LogP contribution in [0, 0.1) is 5.92 Å². The highest BCUT2D eigenvalue weighted by Gasteiger charge is 2.55. The smallest absolute Gasteiger partial charge is 0.330 e. The molecule has 10 nitrogen and oxygen atoms in total. The van der Waals surface area contributed by atoms with Gasteiger partial charge in [-0.3, -0.25) is 19.1 Å². The molecule has 1 aliphatic heterocycles. The van der Waals surface area contributed by atoms with Crippen LogP contribution in [0.4, 0.5) is 0 Å². The number of aromatic amines is 1. The molecule has 25 heavy (non-hydrogen) atoms. The number of hydrogen-bond donors (Lipinski definition) is 4. The van der Waals surface area contributed by atoms with Gasteiger partial charge in [0, 0.05) is 12.3 Å². The Hall–Kier alpha value is -1.72. The van der Waals surface area contributed by atoms with Gasteiger partial charge in [0.1, 0.15) is 24.8 Å². The Kier molecular flexibility index (Phi) is 4.51. The quantitative estimate of drug-likeness (QED) is 0.346. The highest BCUT2D eigenvalue weighted by Crippen LogP contribution is 2.39. The number of aromatic nitrogens is 2. The van der Waals surface area contributed by atoms with Crippen molar-refractivity contribution >= 4 is 17.6 Å². The molecule has 5 N–H and O–H groups in total. The first-order valence-electron chi connectivity index (χ1n) is 8.73. The third-order valence-electron chi connectivity index (χ3n) is 3.53. The van der Waals surface area contributed by atoms with Crippen LogP contribution < -0.4 is 17.0 Å². The van der Waals surface area contributed by atoms with Crippen LogP contribution in [0.5, 0.6) is 0 Å². The van der Waals surface area contributed by atoms with Crippen molar-refractivity contribution in [3.8, 4) is 0 Å². The van der Waals surface area contributed by atoms with Crippen LogP contribution in [-0.4, -0.2) is 55.6 Å². The molecule has 1 aromatic rings. The lowest BCUT2D eigenvalue weighted by molar-refractivity contribution is -0.156. The summed E-state index contributed by atoms with van der Waals surface area (Å²) in [6.07, 6.45) is -6.63. The number of ether oxygens (including phenoxy) is 2. The molecule has 11 heteroatoms. The number of nitrogens with zero attached hydrogens (tertiary/aromatic N) is 1. The van der Waals surface area contributed by atoms with Gasteiger partial charge in [0.05, 0.1) is 4.11 Å². The van der Waals surface area contributed by atoms with Gasteiger partial charge in [-0.25, -0.2) is 4.79 Å². The van der Waals surface area contributed by atoms with Gasteiger partial charge in [-0.05, 0) is 5.92 Å². The monoisotopic (exact) mass is 380 g/mol. The van der Waals surface area contributed by atoms with E-state index in [-0.39, 0.29) is 0 Å². The van der Waals surface area contributed by atoms with Crippen molar-refractivity contribution in [2.24, 2.45) is 11.7 Å². The lowest BCUT2D eigenvalue weighted by Gasteiger charge is -2.25. The molecule has 1 fully saturated rings. The Balaban J connectivity index is 2.44. The fourth-order valence-electron chi connectivity index (χ4n) is 1.93. The van der Waals surface area contributed by atoms with Gasteiger partial charge < -0.3 is 25.4 Å². The summed E-state index contributed by atoms with van der Waals surface area (Å²) in [7, 11) is 0. The molecule has 2 rings (SSSR count). The first-order chi connectivity index (χ1) is 12.7. The highest BCUT2D eigenvalue weighted by atomic mass is 35.5. The summed E-state index contributed by atoms with van der Waals surface area (Å²) in [6, 6.07) is -0.383. The van der Waals surface area contributed by atoms with Gasteiger partial charge in [0.15, 0.2) is 6.20 Å². The Morgan fingerprint density at radius 3 is 2.84 bits per heavy atom. The molecule has 0 spiro atoms. The number of halogens is 1. The van der Waals surface area contributed by atoms with Gasteiger partial charge >= 0.3 is 11.7 Å². The van der Waals surface area contributed by atoms with E-state index < -0.39 is 59.2 Å². The second kappa shape index (κ2) is 7.26. The van der Waals surface area contributed by atoms with E-state index in [9.17, 15) is 24.6 Å². The Morgan fingerprint density at radius 2 is 2.28 bits per heavy atom.